The van der Waals surface area contributed by atoms with E-state index in [1.54, 1.807) is 6.07 Å². The molecule has 82 valence electrons. The summed E-state index contributed by atoms with van der Waals surface area (Å²) >= 11 is 0. The molecular formula is C13H13NO2. The van der Waals surface area contributed by atoms with E-state index in [0.717, 1.165) is 17.2 Å². The second kappa shape index (κ2) is 4.31. The molecule has 0 radical (unpaired) electrons. The van der Waals surface area contributed by atoms with E-state index in [-0.39, 0.29) is 6.10 Å². The van der Waals surface area contributed by atoms with Gasteiger partial charge in [0.05, 0.1) is 11.6 Å². The first kappa shape index (κ1) is 10.6. The van der Waals surface area contributed by atoms with Crippen LogP contribution >= 0.6 is 0 Å². The molecule has 0 N–H and O–H groups in total. The van der Waals surface area contributed by atoms with Gasteiger partial charge in [0.25, 0.3) is 0 Å². The second-order valence-corrected chi connectivity index (χ2v) is 3.85. The Morgan fingerprint density at radius 3 is 2.75 bits per heavy atom. The smallest absolute Gasteiger partial charge is 0.168 e. The van der Waals surface area contributed by atoms with Gasteiger partial charge >= 0.3 is 0 Å². The van der Waals surface area contributed by atoms with Crippen molar-refractivity contribution in [2.24, 2.45) is 0 Å². The average molecular weight is 215 g/mol. The van der Waals surface area contributed by atoms with Crippen LogP contribution in [0.25, 0.3) is 10.9 Å². The second-order valence-electron chi connectivity index (χ2n) is 3.85. The predicted octanol–water partition coefficient (Wildman–Crippen LogP) is 2.83. The zero-order chi connectivity index (χ0) is 11.5. The minimum atomic E-state index is 0.0744. The first-order valence-electron chi connectivity index (χ1n) is 5.22. The fraction of sp³-hybridized carbons (Fsp3) is 0.231. The van der Waals surface area contributed by atoms with E-state index in [1.165, 1.54) is 0 Å². The number of pyridine rings is 1. The lowest BCUT2D eigenvalue weighted by Gasteiger charge is -2.12. The third-order valence-electron chi connectivity index (χ3n) is 2.18. The van der Waals surface area contributed by atoms with Gasteiger partial charge < -0.3 is 4.74 Å². The number of hydrogen-bond donors (Lipinski definition) is 0. The van der Waals surface area contributed by atoms with Crippen LogP contribution in [0.3, 0.4) is 0 Å². The van der Waals surface area contributed by atoms with Crippen LogP contribution in [0.5, 0.6) is 5.75 Å². The van der Waals surface area contributed by atoms with E-state index in [9.17, 15) is 4.79 Å². The van der Waals surface area contributed by atoms with Crippen LogP contribution in [0, 0.1) is 0 Å². The highest BCUT2D eigenvalue weighted by molar-refractivity contribution is 5.88. The summed E-state index contributed by atoms with van der Waals surface area (Å²) in [6, 6.07) is 9.31. The number of carbonyl (C=O) groups is 1. The number of rotatable bonds is 3. The number of aromatic nitrogens is 1. The largest absolute Gasteiger partial charge is 0.490 e. The van der Waals surface area contributed by atoms with Gasteiger partial charge in [0.15, 0.2) is 6.29 Å². The standard InChI is InChI=1S/C13H13NO2/c1-9(2)16-13-7-10(8-15)14-12-6-4-3-5-11(12)13/h3-9H,1-2H3. The van der Waals surface area contributed by atoms with Crippen LogP contribution in [-0.2, 0) is 0 Å². The monoisotopic (exact) mass is 215 g/mol. The molecule has 0 unspecified atom stereocenters. The summed E-state index contributed by atoms with van der Waals surface area (Å²) in [6.45, 7) is 3.91. The van der Waals surface area contributed by atoms with E-state index >= 15 is 0 Å². The van der Waals surface area contributed by atoms with Crippen molar-refractivity contribution in [1.82, 2.24) is 4.98 Å². The van der Waals surface area contributed by atoms with Crippen molar-refractivity contribution in [2.45, 2.75) is 20.0 Å². The minimum absolute atomic E-state index is 0.0744. The molecule has 0 amide bonds. The predicted molar refractivity (Wildman–Crippen MR) is 62.9 cm³/mol. The maximum Gasteiger partial charge on any atom is 0.168 e. The van der Waals surface area contributed by atoms with Crippen LogP contribution in [0.1, 0.15) is 24.3 Å². The summed E-state index contributed by atoms with van der Waals surface area (Å²) in [5.41, 5.74) is 1.18. The Balaban J connectivity index is 2.63. The van der Waals surface area contributed by atoms with E-state index in [0.29, 0.717) is 11.4 Å². The molecule has 1 aromatic carbocycles. The number of carbonyl (C=O) groups excluding carboxylic acids is 1. The topological polar surface area (TPSA) is 39.2 Å². The molecular weight excluding hydrogens is 202 g/mol. The fourth-order valence-corrected chi connectivity index (χ4v) is 1.57. The highest BCUT2D eigenvalue weighted by atomic mass is 16.5. The third-order valence-corrected chi connectivity index (χ3v) is 2.18. The number of aldehydes is 1. The highest BCUT2D eigenvalue weighted by Crippen LogP contribution is 2.25. The summed E-state index contributed by atoms with van der Waals surface area (Å²) in [6.07, 6.45) is 0.810. The Morgan fingerprint density at radius 1 is 1.31 bits per heavy atom. The van der Waals surface area contributed by atoms with Crippen LogP contribution in [-0.4, -0.2) is 17.4 Å². The molecule has 0 saturated heterocycles. The number of benzene rings is 1. The number of fused-ring (bicyclic) bond motifs is 1. The lowest BCUT2D eigenvalue weighted by molar-refractivity contribution is 0.111. The van der Waals surface area contributed by atoms with Gasteiger partial charge in [-0.3, -0.25) is 4.79 Å². The molecule has 0 aliphatic heterocycles. The maximum atomic E-state index is 10.8. The van der Waals surface area contributed by atoms with Crippen LogP contribution in [0.4, 0.5) is 0 Å². The summed E-state index contributed by atoms with van der Waals surface area (Å²) in [5, 5.41) is 0.932. The third kappa shape index (κ3) is 2.03. The van der Waals surface area contributed by atoms with Crippen molar-refractivity contribution in [3.8, 4) is 5.75 Å². The highest BCUT2D eigenvalue weighted by Gasteiger charge is 2.07. The molecule has 2 aromatic rings. The van der Waals surface area contributed by atoms with Crippen molar-refractivity contribution in [3.05, 3.63) is 36.0 Å². The van der Waals surface area contributed by atoms with Crippen molar-refractivity contribution >= 4 is 17.2 Å². The molecule has 0 fully saturated rings. The first-order valence-corrected chi connectivity index (χ1v) is 5.22. The van der Waals surface area contributed by atoms with Gasteiger partial charge in [-0.1, -0.05) is 12.1 Å². The van der Waals surface area contributed by atoms with Gasteiger partial charge in [0.1, 0.15) is 11.4 Å². The van der Waals surface area contributed by atoms with Gasteiger partial charge in [0.2, 0.25) is 0 Å². The van der Waals surface area contributed by atoms with Gasteiger partial charge in [-0.2, -0.15) is 0 Å². The lowest BCUT2D eigenvalue weighted by Crippen LogP contribution is -2.06. The molecule has 2 rings (SSSR count). The van der Waals surface area contributed by atoms with Crippen molar-refractivity contribution in [1.29, 1.82) is 0 Å². The molecule has 0 aliphatic rings. The average Bonchev–Trinajstić information content (AvgIpc) is 2.28. The molecule has 3 nitrogen and oxygen atoms in total. The molecule has 0 spiro atoms. The summed E-state index contributed by atoms with van der Waals surface area (Å²) < 4.78 is 5.67. The molecule has 0 saturated carbocycles. The molecule has 16 heavy (non-hydrogen) atoms. The summed E-state index contributed by atoms with van der Waals surface area (Å²) in [5.74, 6) is 0.711. The van der Waals surface area contributed by atoms with E-state index < -0.39 is 0 Å². The quantitative estimate of drug-likeness (QED) is 0.739. The summed E-state index contributed by atoms with van der Waals surface area (Å²) in [4.78, 5) is 15.0. The van der Waals surface area contributed by atoms with Gasteiger partial charge in [-0.05, 0) is 26.0 Å². The molecule has 1 heterocycles. The van der Waals surface area contributed by atoms with E-state index in [1.807, 2.05) is 38.1 Å². The number of ether oxygens (including phenoxy) is 1. The molecule has 0 aliphatic carbocycles. The zero-order valence-corrected chi connectivity index (χ0v) is 9.31. The first-order chi connectivity index (χ1) is 7.70. The molecule has 3 heteroatoms. The number of nitrogens with zero attached hydrogens (tertiary/aromatic N) is 1. The number of para-hydroxylation sites is 1. The van der Waals surface area contributed by atoms with Gasteiger partial charge in [-0.15, -0.1) is 0 Å². The Kier molecular flexibility index (Phi) is 2.86. The fourth-order valence-electron chi connectivity index (χ4n) is 1.57. The van der Waals surface area contributed by atoms with Crippen molar-refractivity contribution in [3.63, 3.8) is 0 Å². The Labute approximate surface area is 94.1 Å². The normalized spacial score (nSPS) is 10.7. The van der Waals surface area contributed by atoms with Crippen molar-refractivity contribution in [2.75, 3.05) is 0 Å². The van der Waals surface area contributed by atoms with Crippen LogP contribution in [0.2, 0.25) is 0 Å². The Bertz CT molecular complexity index is 520. The summed E-state index contributed by atoms with van der Waals surface area (Å²) in [7, 11) is 0. The molecule has 0 bridgehead atoms. The molecule has 1 aromatic heterocycles. The lowest BCUT2D eigenvalue weighted by atomic mass is 10.2. The SMILES string of the molecule is CC(C)Oc1cc(C=O)nc2ccccc12. The zero-order valence-electron chi connectivity index (χ0n) is 9.31. The molecule has 0 atom stereocenters. The van der Waals surface area contributed by atoms with Gasteiger partial charge in [-0.25, -0.2) is 4.98 Å². The van der Waals surface area contributed by atoms with E-state index in [4.69, 9.17) is 4.74 Å². The van der Waals surface area contributed by atoms with Gasteiger partial charge in [0, 0.05) is 11.5 Å². The van der Waals surface area contributed by atoms with Crippen molar-refractivity contribution < 1.29 is 9.53 Å². The maximum absolute atomic E-state index is 10.8. The van der Waals surface area contributed by atoms with Crippen LogP contribution in [0.15, 0.2) is 30.3 Å². The van der Waals surface area contributed by atoms with E-state index in [2.05, 4.69) is 4.98 Å². The minimum Gasteiger partial charge on any atom is -0.490 e. The Morgan fingerprint density at radius 2 is 2.06 bits per heavy atom. The Hall–Kier alpha value is -1.90. The number of hydrogen-bond acceptors (Lipinski definition) is 3. The van der Waals surface area contributed by atoms with Crippen LogP contribution < -0.4 is 4.74 Å².